The highest BCUT2D eigenvalue weighted by molar-refractivity contribution is 5.93. The van der Waals surface area contributed by atoms with Crippen LogP contribution in [0.25, 0.3) is 0 Å². The summed E-state index contributed by atoms with van der Waals surface area (Å²) in [5.41, 5.74) is 8.42. The number of hydrogen-bond acceptors (Lipinski definition) is 4. The van der Waals surface area contributed by atoms with E-state index >= 15 is 0 Å². The highest BCUT2D eigenvalue weighted by atomic mass is 16.2. The molecule has 0 saturated carbocycles. The van der Waals surface area contributed by atoms with Crippen molar-refractivity contribution in [3.05, 3.63) is 21.9 Å². The Labute approximate surface area is 83.1 Å². The number of nitrogens with two attached hydrogens (primary N) is 2. The van der Waals surface area contributed by atoms with Crippen molar-refractivity contribution in [2.75, 3.05) is 0 Å². The number of aromatic nitrogens is 2. The van der Waals surface area contributed by atoms with Crippen LogP contribution in [0.3, 0.4) is 0 Å². The molecule has 0 aliphatic heterocycles. The molecule has 1 heterocycles. The molecule has 0 bridgehead atoms. The van der Waals surface area contributed by atoms with Gasteiger partial charge in [-0.05, 0) is 0 Å². The van der Waals surface area contributed by atoms with Crippen LogP contribution in [0.1, 0.15) is 16.2 Å². The highest BCUT2D eigenvalue weighted by Gasteiger charge is 2.19. The summed E-state index contributed by atoms with van der Waals surface area (Å²) in [4.78, 5) is 34.8. The average molecular weight is 209 g/mol. The maximum atomic E-state index is 11.2. The molecular formula is C7H7N5O3. The fourth-order valence-electron chi connectivity index (χ4n) is 1.11. The van der Waals surface area contributed by atoms with Crippen LogP contribution in [-0.4, -0.2) is 21.4 Å². The lowest BCUT2D eigenvalue weighted by Gasteiger charge is -2.00. The summed E-state index contributed by atoms with van der Waals surface area (Å²) in [6.07, 6.45) is 0. The van der Waals surface area contributed by atoms with Crippen molar-refractivity contribution in [3.8, 4) is 6.07 Å². The number of nitrogens with zero attached hydrogens (tertiary/aromatic N) is 2. The van der Waals surface area contributed by atoms with Gasteiger partial charge in [0.1, 0.15) is 18.3 Å². The molecule has 0 aliphatic rings. The van der Waals surface area contributed by atoms with Crippen molar-refractivity contribution in [2.24, 2.45) is 11.5 Å². The Bertz CT molecular complexity index is 518. The van der Waals surface area contributed by atoms with E-state index in [1.807, 2.05) is 0 Å². The molecule has 1 aromatic heterocycles. The molecule has 2 amide bonds. The molecule has 0 aromatic carbocycles. The molecule has 1 rings (SSSR count). The first-order valence-electron chi connectivity index (χ1n) is 3.78. The van der Waals surface area contributed by atoms with E-state index in [1.165, 1.54) is 0 Å². The summed E-state index contributed by atoms with van der Waals surface area (Å²) in [5.74, 6) is -1.80. The van der Waals surface area contributed by atoms with Gasteiger partial charge >= 0.3 is 5.69 Å². The topological polar surface area (TPSA) is 148 Å². The molecule has 0 radical (unpaired) electrons. The lowest BCUT2D eigenvalue weighted by atomic mass is 10.3. The van der Waals surface area contributed by atoms with Crippen LogP contribution >= 0.6 is 0 Å². The molecule has 15 heavy (non-hydrogen) atoms. The molecule has 0 saturated heterocycles. The van der Waals surface area contributed by atoms with Crippen LogP contribution in [-0.2, 0) is 11.3 Å². The normalized spacial score (nSPS) is 9.53. The lowest BCUT2D eigenvalue weighted by Crippen LogP contribution is -2.30. The molecule has 0 unspecified atom stereocenters. The molecule has 8 heteroatoms. The maximum Gasteiger partial charge on any atom is 0.327 e. The van der Waals surface area contributed by atoms with Crippen LogP contribution in [0.15, 0.2) is 4.79 Å². The summed E-state index contributed by atoms with van der Waals surface area (Å²) >= 11 is 0. The number of carbonyl (C=O) groups is 2. The average Bonchev–Trinajstić information content (AvgIpc) is 2.42. The van der Waals surface area contributed by atoms with E-state index in [0.717, 1.165) is 4.57 Å². The van der Waals surface area contributed by atoms with Gasteiger partial charge in [0.15, 0.2) is 5.69 Å². The largest absolute Gasteiger partial charge is 0.368 e. The number of amides is 2. The summed E-state index contributed by atoms with van der Waals surface area (Å²) < 4.78 is 0.725. The zero-order valence-electron chi connectivity index (χ0n) is 7.48. The van der Waals surface area contributed by atoms with Gasteiger partial charge < -0.3 is 11.5 Å². The van der Waals surface area contributed by atoms with E-state index in [2.05, 4.69) is 4.98 Å². The molecule has 78 valence electrons. The summed E-state index contributed by atoms with van der Waals surface area (Å²) in [5, 5.41) is 8.58. The highest BCUT2D eigenvalue weighted by Crippen LogP contribution is 2.01. The van der Waals surface area contributed by atoms with Gasteiger partial charge in [0, 0.05) is 0 Å². The van der Waals surface area contributed by atoms with E-state index in [4.69, 9.17) is 16.7 Å². The lowest BCUT2D eigenvalue weighted by molar-refractivity contribution is -0.118. The number of hydrogen-bond donors (Lipinski definition) is 3. The fraction of sp³-hybridized carbons (Fsp3) is 0.143. The first-order chi connectivity index (χ1) is 6.97. The Morgan fingerprint density at radius 3 is 2.47 bits per heavy atom. The summed E-state index contributed by atoms with van der Waals surface area (Å²) in [6.45, 7) is -0.505. The van der Waals surface area contributed by atoms with Crippen molar-refractivity contribution in [1.82, 2.24) is 9.55 Å². The van der Waals surface area contributed by atoms with Crippen molar-refractivity contribution in [3.63, 3.8) is 0 Å². The van der Waals surface area contributed by atoms with Gasteiger partial charge in [-0.3, -0.25) is 19.1 Å². The fourth-order valence-corrected chi connectivity index (χ4v) is 1.11. The molecule has 1 aromatic rings. The van der Waals surface area contributed by atoms with Crippen molar-refractivity contribution >= 4 is 11.8 Å². The van der Waals surface area contributed by atoms with Crippen LogP contribution in [0.4, 0.5) is 0 Å². The number of primary amides is 2. The molecular weight excluding hydrogens is 202 g/mol. The van der Waals surface area contributed by atoms with Crippen LogP contribution < -0.4 is 17.2 Å². The summed E-state index contributed by atoms with van der Waals surface area (Å²) in [7, 11) is 0. The predicted molar refractivity (Wildman–Crippen MR) is 47.5 cm³/mol. The molecule has 0 fully saturated rings. The van der Waals surface area contributed by atoms with E-state index in [-0.39, 0.29) is 11.4 Å². The van der Waals surface area contributed by atoms with E-state index in [9.17, 15) is 14.4 Å². The van der Waals surface area contributed by atoms with Crippen LogP contribution in [0.2, 0.25) is 0 Å². The van der Waals surface area contributed by atoms with Gasteiger partial charge in [-0.15, -0.1) is 0 Å². The monoisotopic (exact) mass is 209 g/mol. The Kier molecular flexibility index (Phi) is 2.57. The Morgan fingerprint density at radius 2 is 2.07 bits per heavy atom. The van der Waals surface area contributed by atoms with Gasteiger partial charge in [-0.25, -0.2) is 4.79 Å². The zero-order chi connectivity index (χ0) is 11.6. The Balaban J connectivity index is 3.43. The minimum atomic E-state index is -0.980. The molecule has 5 N–H and O–H groups in total. The maximum absolute atomic E-state index is 11.2. The van der Waals surface area contributed by atoms with Gasteiger partial charge in [0.05, 0.1) is 0 Å². The second-order valence-corrected chi connectivity index (χ2v) is 2.68. The number of imidazole rings is 1. The third-order valence-corrected chi connectivity index (χ3v) is 1.64. The van der Waals surface area contributed by atoms with Gasteiger partial charge in [0.2, 0.25) is 5.91 Å². The van der Waals surface area contributed by atoms with Crippen molar-refractivity contribution < 1.29 is 9.59 Å². The number of nitrogens with one attached hydrogen (secondary N) is 1. The number of aromatic amines is 1. The third kappa shape index (κ3) is 1.86. The number of nitriles is 1. The van der Waals surface area contributed by atoms with E-state index < -0.39 is 24.0 Å². The van der Waals surface area contributed by atoms with Crippen molar-refractivity contribution in [1.29, 1.82) is 5.26 Å². The molecule has 0 atom stereocenters. The smallest absolute Gasteiger partial charge is 0.327 e. The molecule has 8 nitrogen and oxygen atoms in total. The first-order valence-corrected chi connectivity index (χ1v) is 3.78. The zero-order valence-corrected chi connectivity index (χ0v) is 7.48. The second-order valence-electron chi connectivity index (χ2n) is 2.68. The number of H-pyrrole nitrogens is 1. The minimum Gasteiger partial charge on any atom is -0.368 e. The minimum absolute atomic E-state index is 0.284. The predicted octanol–water partition coefficient (Wildman–Crippen LogP) is -2.37. The second kappa shape index (κ2) is 3.67. The van der Waals surface area contributed by atoms with Crippen LogP contribution in [0.5, 0.6) is 0 Å². The Morgan fingerprint density at radius 1 is 1.47 bits per heavy atom. The van der Waals surface area contributed by atoms with E-state index in [0.29, 0.717) is 0 Å². The number of rotatable bonds is 3. The van der Waals surface area contributed by atoms with E-state index in [1.54, 1.807) is 6.07 Å². The van der Waals surface area contributed by atoms with Gasteiger partial charge in [0.25, 0.3) is 5.91 Å². The Hall–Kier alpha value is -2.56. The van der Waals surface area contributed by atoms with Gasteiger partial charge in [-0.2, -0.15) is 5.26 Å². The first kappa shape index (κ1) is 10.5. The van der Waals surface area contributed by atoms with Gasteiger partial charge in [-0.1, -0.05) is 0 Å². The molecule has 0 aliphatic carbocycles. The third-order valence-electron chi connectivity index (χ3n) is 1.64. The number of carbonyl (C=O) groups excluding carboxylic acids is 2. The quantitative estimate of drug-likeness (QED) is 0.510. The molecule has 0 spiro atoms. The SMILES string of the molecule is N#Cc1[nH]c(=O)n(CC(N)=O)c1C(N)=O. The van der Waals surface area contributed by atoms with Crippen molar-refractivity contribution in [2.45, 2.75) is 6.54 Å². The summed E-state index contributed by atoms with van der Waals surface area (Å²) in [6, 6.07) is 1.58. The standard InChI is InChI=1S/C7H7N5O3/c8-1-3-5(6(10)14)12(2-4(9)13)7(15)11-3/h2H2,(H2,9,13)(H2,10,14)(H,11,15). The van der Waals surface area contributed by atoms with Crippen LogP contribution in [0, 0.1) is 11.3 Å².